The van der Waals surface area contributed by atoms with E-state index in [0.29, 0.717) is 5.95 Å². The van der Waals surface area contributed by atoms with Crippen LogP contribution in [0.5, 0.6) is 0 Å². The molecule has 0 aliphatic heterocycles. The minimum absolute atomic E-state index is 0.531. The van der Waals surface area contributed by atoms with Crippen LogP contribution >= 0.6 is 0 Å². The predicted molar refractivity (Wildman–Crippen MR) is 104 cm³/mol. The maximum Gasteiger partial charge on any atom is 0.227 e. The Kier molecular flexibility index (Phi) is 4.19. The lowest BCUT2D eigenvalue weighted by Gasteiger charge is -2.08. The summed E-state index contributed by atoms with van der Waals surface area (Å²) in [7, 11) is 0. The summed E-state index contributed by atoms with van der Waals surface area (Å²) in [6.07, 6.45) is 1.74. The molecule has 4 aromatic rings. The van der Waals surface area contributed by atoms with E-state index in [0.717, 1.165) is 50.9 Å². The maximum atomic E-state index is 5.28. The van der Waals surface area contributed by atoms with Crippen LogP contribution in [0.1, 0.15) is 22.8 Å². The highest BCUT2D eigenvalue weighted by Crippen LogP contribution is 2.30. The zero-order chi connectivity index (χ0) is 19.0. The van der Waals surface area contributed by atoms with Crippen LogP contribution in [0.3, 0.4) is 0 Å². The van der Waals surface area contributed by atoms with Crippen molar-refractivity contribution in [3.8, 4) is 22.4 Å². The fourth-order valence-electron chi connectivity index (χ4n) is 3.26. The van der Waals surface area contributed by atoms with Gasteiger partial charge in [0, 0.05) is 28.7 Å². The molecule has 0 aliphatic rings. The number of hydrogen-bond acceptors (Lipinski definition) is 6. The highest BCUT2D eigenvalue weighted by Gasteiger charge is 2.13. The topological polar surface area (TPSA) is 92.5 Å². The van der Waals surface area contributed by atoms with E-state index < -0.39 is 0 Å². The zero-order valence-corrected chi connectivity index (χ0v) is 15.7. The molecule has 27 heavy (non-hydrogen) atoms. The van der Waals surface area contributed by atoms with Gasteiger partial charge in [-0.25, -0.2) is 9.97 Å². The Hall–Kier alpha value is -3.48. The van der Waals surface area contributed by atoms with Crippen LogP contribution in [0, 0.1) is 27.7 Å². The lowest BCUT2D eigenvalue weighted by Crippen LogP contribution is -1.98. The molecular formula is C20H20N6O. The number of H-pyrrole nitrogens is 1. The van der Waals surface area contributed by atoms with Crippen LogP contribution in [0.2, 0.25) is 0 Å². The second-order valence-corrected chi connectivity index (χ2v) is 6.48. The first-order valence-electron chi connectivity index (χ1n) is 8.68. The highest BCUT2D eigenvalue weighted by atomic mass is 16.5. The van der Waals surface area contributed by atoms with Gasteiger partial charge < -0.3 is 9.84 Å². The van der Waals surface area contributed by atoms with Crippen molar-refractivity contribution >= 4 is 11.6 Å². The Bertz CT molecular complexity index is 985. The van der Waals surface area contributed by atoms with Gasteiger partial charge in [0.05, 0.1) is 17.1 Å². The van der Waals surface area contributed by atoms with E-state index >= 15 is 0 Å². The molecule has 0 aliphatic carbocycles. The van der Waals surface area contributed by atoms with Crippen molar-refractivity contribution in [3.05, 3.63) is 59.4 Å². The fraction of sp³-hybridized carbons (Fsp3) is 0.200. The van der Waals surface area contributed by atoms with Crippen LogP contribution < -0.4 is 5.32 Å². The highest BCUT2D eigenvalue weighted by molar-refractivity contribution is 5.73. The molecule has 3 heterocycles. The van der Waals surface area contributed by atoms with Crippen LogP contribution in [-0.4, -0.2) is 25.3 Å². The maximum absolute atomic E-state index is 5.28. The van der Waals surface area contributed by atoms with Crippen LogP contribution in [0.15, 0.2) is 41.1 Å². The van der Waals surface area contributed by atoms with Crippen LogP contribution in [-0.2, 0) is 0 Å². The summed E-state index contributed by atoms with van der Waals surface area (Å²) < 4.78 is 5.28. The molecular weight excluding hydrogens is 340 g/mol. The summed E-state index contributed by atoms with van der Waals surface area (Å²) in [5.41, 5.74) is 7.55. The molecule has 7 nitrogen and oxygen atoms in total. The first-order chi connectivity index (χ1) is 13.0. The average Bonchev–Trinajstić information content (AvgIpc) is 3.16. The lowest BCUT2D eigenvalue weighted by atomic mass is 10.0. The number of aromatic amines is 1. The number of hydrogen-bond donors (Lipinski definition) is 2. The third-order valence-electron chi connectivity index (χ3n) is 4.48. The molecule has 136 valence electrons. The largest absolute Gasteiger partial charge is 0.361 e. The van der Waals surface area contributed by atoms with Crippen molar-refractivity contribution in [2.75, 3.05) is 5.32 Å². The number of aromatic nitrogens is 5. The summed E-state index contributed by atoms with van der Waals surface area (Å²) in [4.78, 5) is 8.99. The molecule has 0 unspecified atom stereocenters. The van der Waals surface area contributed by atoms with Crippen molar-refractivity contribution < 1.29 is 4.52 Å². The Balaban J connectivity index is 1.66. The quantitative estimate of drug-likeness (QED) is 0.557. The summed E-state index contributed by atoms with van der Waals surface area (Å²) in [6, 6.07) is 9.92. The number of rotatable bonds is 4. The predicted octanol–water partition coefficient (Wildman–Crippen LogP) is 4.50. The molecule has 7 heteroatoms. The van der Waals surface area contributed by atoms with Crippen molar-refractivity contribution in [1.29, 1.82) is 0 Å². The van der Waals surface area contributed by atoms with Gasteiger partial charge in [-0.1, -0.05) is 17.3 Å². The van der Waals surface area contributed by atoms with Gasteiger partial charge in [0.1, 0.15) is 5.76 Å². The Morgan fingerprint density at radius 2 is 1.85 bits per heavy atom. The monoisotopic (exact) mass is 360 g/mol. The molecule has 3 aromatic heterocycles. The van der Waals surface area contributed by atoms with E-state index in [1.807, 2.05) is 58.0 Å². The van der Waals surface area contributed by atoms with E-state index in [-0.39, 0.29) is 0 Å². The fourth-order valence-corrected chi connectivity index (χ4v) is 3.26. The van der Waals surface area contributed by atoms with Gasteiger partial charge in [0.2, 0.25) is 5.95 Å². The van der Waals surface area contributed by atoms with Crippen molar-refractivity contribution in [3.63, 3.8) is 0 Å². The number of benzene rings is 1. The normalized spacial score (nSPS) is 11.0. The van der Waals surface area contributed by atoms with E-state index in [9.17, 15) is 0 Å². The molecule has 0 saturated heterocycles. The van der Waals surface area contributed by atoms with Crippen molar-refractivity contribution in [2.24, 2.45) is 0 Å². The second kappa shape index (κ2) is 6.68. The summed E-state index contributed by atoms with van der Waals surface area (Å²) in [6.45, 7) is 7.80. The van der Waals surface area contributed by atoms with Gasteiger partial charge in [-0.3, -0.25) is 5.10 Å². The average molecular weight is 360 g/mol. The van der Waals surface area contributed by atoms with E-state index in [2.05, 4.69) is 30.6 Å². The molecule has 0 amide bonds. The second-order valence-electron chi connectivity index (χ2n) is 6.48. The zero-order valence-electron chi connectivity index (χ0n) is 15.7. The van der Waals surface area contributed by atoms with E-state index in [1.54, 1.807) is 6.20 Å². The minimum Gasteiger partial charge on any atom is -0.361 e. The van der Waals surface area contributed by atoms with E-state index in [4.69, 9.17) is 4.52 Å². The molecule has 0 spiro atoms. The molecule has 0 saturated carbocycles. The first kappa shape index (κ1) is 17.0. The molecule has 2 N–H and O–H groups in total. The Labute approximate surface area is 156 Å². The molecule has 4 rings (SSSR count). The Morgan fingerprint density at radius 1 is 1.00 bits per heavy atom. The minimum atomic E-state index is 0.531. The summed E-state index contributed by atoms with van der Waals surface area (Å²) >= 11 is 0. The standard InChI is InChI=1S/C20H20N6O/c1-11-18(12(2)25-24-11)17-8-9-21-20(23-17)22-16-7-5-6-15(10-16)19-13(3)26-27-14(19)4/h5-10H,1-4H3,(H,24,25)(H,21,22,23). The summed E-state index contributed by atoms with van der Waals surface area (Å²) in [5, 5.41) is 14.6. The molecule has 0 bridgehead atoms. The van der Waals surface area contributed by atoms with Gasteiger partial charge in [-0.05, 0) is 51.5 Å². The van der Waals surface area contributed by atoms with Gasteiger partial charge in [-0.15, -0.1) is 0 Å². The van der Waals surface area contributed by atoms with Crippen LogP contribution in [0.25, 0.3) is 22.4 Å². The van der Waals surface area contributed by atoms with Gasteiger partial charge >= 0.3 is 0 Å². The Morgan fingerprint density at radius 3 is 2.56 bits per heavy atom. The van der Waals surface area contributed by atoms with Crippen molar-refractivity contribution in [2.45, 2.75) is 27.7 Å². The van der Waals surface area contributed by atoms with Crippen LogP contribution in [0.4, 0.5) is 11.6 Å². The molecule has 1 aromatic carbocycles. The van der Waals surface area contributed by atoms with Gasteiger partial charge in [-0.2, -0.15) is 5.10 Å². The number of anilines is 2. The molecule has 0 radical (unpaired) electrons. The van der Waals surface area contributed by atoms with E-state index in [1.165, 1.54) is 0 Å². The van der Waals surface area contributed by atoms with Crippen molar-refractivity contribution in [1.82, 2.24) is 25.3 Å². The molecule has 0 fully saturated rings. The molecule has 0 atom stereocenters. The summed E-state index contributed by atoms with van der Waals surface area (Å²) in [5.74, 6) is 1.33. The third kappa shape index (κ3) is 3.19. The number of nitrogens with one attached hydrogen (secondary N) is 2. The SMILES string of the molecule is Cc1n[nH]c(C)c1-c1ccnc(Nc2cccc(-c3c(C)noc3C)c2)n1. The number of aryl methyl sites for hydroxylation is 4. The third-order valence-corrected chi connectivity index (χ3v) is 4.48. The smallest absolute Gasteiger partial charge is 0.227 e. The van der Waals surface area contributed by atoms with Gasteiger partial charge in [0.25, 0.3) is 0 Å². The lowest BCUT2D eigenvalue weighted by molar-refractivity contribution is 0.393. The number of nitrogens with zero attached hydrogens (tertiary/aromatic N) is 4. The van der Waals surface area contributed by atoms with Gasteiger partial charge in [0.15, 0.2) is 0 Å². The first-order valence-corrected chi connectivity index (χ1v) is 8.68.